The molecule has 1 saturated heterocycles. The van der Waals surface area contributed by atoms with Crippen LogP contribution < -0.4 is 15.5 Å². The quantitative estimate of drug-likeness (QED) is 0.733. The number of alkyl halides is 4. The van der Waals surface area contributed by atoms with E-state index in [0.717, 1.165) is 18.5 Å². The molecule has 2 aliphatic rings. The number of amides is 2. The largest absolute Gasteiger partial charge is 0.394 e. The molecule has 3 rings (SSSR count). The summed E-state index contributed by atoms with van der Waals surface area (Å²) < 4.78 is 52.1. The van der Waals surface area contributed by atoms with Crippen LogP contribution in [0.4, 0.5) is 28.2 Å². The lowest BCUT2D eigenvalue weighted by atomic mass is 10.0. The Labute approximate surface area is 155 Å². The Morgan fingerprint density at radius 3 is 2.78 bits per heavy atom. The van der Waals surface area contributed by atoms with Crippen LogP contribution in [0.5, 0.6) is 0 Å². The number of nitrogens with zero attached hydrogens (tertiary/aromatic N) is 2. The summed E-state index contributed by atoms with van der Waals surface area (Å²) in [6, 6.07) is 3.03. The third-order valence-electron chi connectivity index (χ3n) is 5.29. The molecule has 2 heterocycles. The van der Waals surface area contributed by atoms with Crippen molar-refractivity contribution in [3.63, 3.8) is 0 Å². The Balaban J connectivity index is 1.43. The summed E-state index contributed by atoms with van der Waals surface area (Å²) >= 11 is 0. The zero-order valence-corrected chi connectivity index (χ0v) is 15.0. The molecule has 1 unspecified atom stereocenters. The molecule has 1 aromatic heterocycles. The van der Waals surface area contributed by atoms with Gasteiger partial charge in [-0.05, 0) is 49.8 Å². The lowest BCUT2D eigenvalue weighted by Gasteiger charge is -2.30. The molecule has 9 heteroatoms. The van der Waals surface area contributed by atoms with E-state index >= 15 is 0 Å². The molecule has 150 valence electrons. The molecule has 0 bridgehead atoms. The average molecular weight is 388 g/mol. The summed E-state index contributed by atoms with van der Waals surface area (Å²) in [6.45, 7) is 1.26. The Morgan fingerprint density at radius 2 is 2.11 bits per heavy atom. The predicted octanol–water partition coefficient (Wildman–Crippen LogP) is 3.55. The highest BCUT2D eigenvalue weighted by molar-refractivity contribution is 5.73. The number of halogens is 4. The molecule has 1 saturated carbocycles. The number of hydrogen-bond acceptors (Lipinski definition) is 3. The van der Waals surface area contributed by atoms with Crippen molar-refractivity contribution in [1.29, 1.82) is 0 Å². The molecule has 0 radical (unpaired) electrons. The van der Waals surface area contributed by atoms with Gasteiger partial charge >= 0.3 is 12.2 Å². The first kappa shape index (κ1) is 19.7. The normalized spacial score (nSPS) is 21.6. The smallest absolute Gasteiger partial charge is 0.354 e. The van der Waals surface area contributed by atoms with Crippen molar-refractivity contribution in [1.82, 2.24) is 15.6 Å². The van der Waals surface area contributed by atoms with Crippen LogP contribution in [0.2, 0.25) is 0 Å². The van der Waals surface area contributed by atoms with Gasteiger partial charge in [-0.3, -0.25) is 0 Å². The highest BCUT2D eigenvalue weighted by atomic mass is 19.4. The number of carbonyl (C=O) groups excluding carboxylic acids is 1. The molecule has 5 nitrogen and oxygen atoms in total. The van der Waals surface area contributed by atoms with E-state index in [1.54, 1.807) is 18.3 Å². The second-order valence-corrected chi connectivity index (χ2v) is 7.35. The minimum Gasteiger partial charge on any atom is -0.354 e. The van der Waals surface area contributed by atoms with Gasteiger partial charge in [0.25, 0.3) is 0 Å². The van der Waals surface area contributed by atoms with E-state index in [4.69, 9.17) is 0 Å². The summed E-state index contributed by atoms with van der Waals surface area (Å²) in [5.41, 5.74) is -0.812. The van der Waals surface area contributed by atoms with Crippen molar-refractivity contribution in [2.75, 3.05) is 24.5 Å². The minimum atomic E-state index is -4.20. The topological polar surface area (TPSA) is 57.3 Å². The number of anilines is 1. The van der Waals surface area contributed by atoms with E-state index in [-0.39, 0.29) is 32.4 Å². The lowest BCUT2D eigenvalue weighted by molar-refractivity contribution is -0.188. The standard InChI is InChI=1S/C18H24F4N4O/c19-14-2-1-9-26(12-14)15-10-13(3-7-23-15)11-25-16(27)24-8-6-17(4-5-17)18(20,21)22/h3,7,10,14H,1-2,4-6,8-9,11-12H2,(H2,24,25,27). The van der Waals surface area contributed by atoms with Gasteiger partial charge in [0.15, 0.2) is 0 Å². The minimum absolute atomic E-state index is 0.0153. The highest BCUT2D eigenvalue weighted by Gasteiger charge is 2.62. The van der Waals surface area contributed by atoms with E-state index in [9.17, 15) is 22.4 Å². The summed E-state index contributed by atoms with van der Waals surface area (Å²) in [5.74, 6) is 0.665. The molecular weight excluding hydrogens is 364 g/mol. The maximum absolute atomic E-state index is 13.5. The van der Waals surface area contributed by atoms with Crippen LogP contribution >= 0.6 is 0 Å². The van der Waals surface area contributed by atoms with Crippen molar-refractivity contribution >= 4 is 11.8 Å². The van der Waals surface area contributed by atoms with Crippen molar-refractivity contribution in [3.05, 3.63) is 23.9 Å². The molecule has 1 atom stereocenters. The number of rotatable bonds is 6. The first-order chi connectivity index (χ1) is 12.8. The van der Waals surface area contributed by atoms with Crippen LogP contribution in [-0.4, -0.2) is 43.0 Å². The average Bonchev–Trinajstić information content (AvgIpc) is 3.41. The first-order valence-electron chi connectivity index (χ1n) is 9.21. The predicted molar refractivity (Wildman–Crippen MR) is 93.2 cm³/mol. The summed E-state index contributed by atoms with van der Waals surface area (Å²) in [5, 5.41) is 5.11. The van der Waals surface area contributed by atoms with E-state index in [1.807, 2.05) is 4.90 Å². The molecule has 1 aliphatic heterocycles. The van der Waals surface area contributed by atoms with Gasteiger partial charge < -0.3 is 15.5 Å². The fourth-order valence-corrected chi connectivity index (χ4v) is 3.36. The molecule has 2 N–H and O–H groups in total. The number of nitrogens with one attached hydrogen (secondary N) is 2. The van der Waals surface area contributed by atoms with Crippen LogP contribution in [0.15, 0.2) is 18.3 Å². The first-order valence-corrected chi connectivity index (χ1v) is 9.21. The number of hydrogen-bond donors (Lipinski definition) is 2. The van der Waals surface area contributed by atoms with Crippen molar-refractivity contribution in [2.24, 2.45) is 5.41 Å². The maximum atomic E-state index is 13.5. The van der Waals surface area contributed by atoms with E-state index in [1.165, 1.54) is 0 Å². The number of pyridine rings is 1. The van der Waals surface area contributed by atoms with E-state index in [2.05, 4.69) is 15.6 Å². The van der Waals surface area contributed by atoms with E-state index < -0.39 is 23.8 Å². The number of urea groups is 1. The number of aromatic nitrogens is 1. The lowest BCUT2D eigenvalue weighted by Crippen LogP contribution is -2.38. The highest BCUT2D eigenvalue weighted by Crippen LogP contribution is 2.59. The second kappa shape index (κ2) is 7.90. The Hall–Kier alpha value is -2.06. The molecule has 2 fully saturated rings. The second-order valence-electron chi connectivity index (χ2n) is 7.35. The van der Waals surface area contributed by atoms with Crippen molar-refractivity contribution in [3.8, 4) is 0 Å². The summed E-state index contributed by atoms with van der Waals surface area (Å²) in [7, 11) is 0. The molecule has 2 amide bonds. The van der Waals surface area contributed by atoms with Gasteiger partial charge in [-0.2, -0.15) is 13.2 Å². The van der Waals surface area contributed by atoms with Crippen LogP contribution in [0.3, 0.4) is 0 Å². The number of carbonyl (C=O) groups is 1. The monoisotopic (exact) mass is 388 g/mol. The van der Waals surface area contributed by atoms with Crippen LogP contribution in [0.25, 0.3) is 0 Å². The Kier molecular flexibility index (Phi) is 5.76. The van der Waals surface area contributed by atoms with Gasteiger partial charge in [0, 0.05) is 25.8 Å². The molecule has 1 aromatic rings. The zero-order chi connectivity index (χ0) is 19.5. The van der Waals surface area contributed by atoms with E-state index in [0.29, 0.717) is 18.8 Å². The molecular formula is C18H24F4N4O. The van der Waals surface area contributed by atoms with Crippen LogP contribution in [-0.2, 0) is 6.54 Å². The fraction of sp³-hybridized carbons (Fsp3) is 0.667. The van der Waals surface area contributed by atoms with Gasteiger partial charge in [-0.25, -0.2) is 14.2 Å². The summed E-state index contributed by atoms with van der Waals surface area (Å²) in [6.07, 6.45) is -1.95. The molecule has 27 heavy (non-hydrogen) atoms. The fourth-order valence-electron chi connectivity index (χ4n) is 3.36. The SMILES string of the molecule is O=C(NCCC1(C(F)(F)F)CC1)NCc1ccnc(N2CCCC(F)C2)c1. The van der Waals surface area contributed by atoms with Crippen LogP contribution in [0, 0.1) is 5.41 Å². The summed E-state index contributed by atoms with van der Waals surface area (Å²) in [4.78, 5) is 18.0. The van der Waals surface area contributed by atoms with Gasteiger partial charge in [-0.1, -0.05) is 0 Å². The number of piperidine rings is 1. The molecule has 0 aromatic carbocycles. The van der Waals surface area contributed by atoms with Crippen molar-refractivity contribution < 1.29 is 22.4 Å². The van der Waals surface area contributed by atoms with Gasteiger partial charge in [0.1, 0.15) is 12.0 Å². The van der Waals surface area contributed by atoms with Gasteiger partial charge in [-0.15, -0.1) is 0 Å². The maximum Gasteiger partial charge on any atom is 0.394 e. The third-order valence-corrected chi connectivity index (χ3v) is 5.29. The Morgan fingerprint density at radius 1 is 1.33 bits per heavy atom. The van der Waals surface area contributed by atoms with Gasteiger partial charge in [0.2, 0.25) is 0 Å². The zero-order valence-electron chi connectivity index (χ0n) is 15.0. The van der Waals surface area contributed by atoms with Crippen molar-refractivity contribution in [2.45, 2.75) is 51.0 Å². The molecule has 1 aliphatic carbocycles. The molecule has 0 spiro atoms. The van der Waals surface area contributed by atoms with Crippen LogP contribution in [0.1, 0.15) is 37.7 Å². The van der Waals surface area contributed by atoms with Gasteiger partial charge in [0.05, 0.1) is 12.0 Å². The Bertz CT molecular complexity index is 663. The third kappa shape index (κ3) is 5.01.